The van der Waals surface area contributed by atoms with Crippen LogP contribution in [0.1, 0.15) is 28.1 Å². The molecule has 2 N–H and O–H groups in total. The van der Waals surface area contributed by atoms with Crippen molar-refractivity contribution < 1.29 is 45.8 Å². The van der Waals surface area contributed by atoms with E-state index in [1.165, 1.54) is 6.07 Å². The van der Waals surface area contributed by atoms with Gasteiger partial charge in [0.25, 0.3) is 0 Å². The Balaban J connectivity index is 2.47. The first kappa shape index (κ1) is 22.2. The average molecular weight is 497 g/mol. The lowest BCUT2D eigenvalue weighted by molar-refractivity contribution is -0.136. The fraction of sp³-hybridized carbons (Fsp3) is 0.357. The number of thiophene rings is 1. The summed E-state index contributed by atoms with van der Waals surface area (Å²) in [6, 6.07) is 2.36. The van der Waals surface area contributed by atoms with Gasteiger partial charge in [-0.25, -0.2) is 0 Å². The van der Waals surface area contributed by atoms with E-state index in [-0.39, 0.29) is 25.9 Å². The zero-order valence-corrected chi connectivity index (χ0v) is 16.4. The molecule has 0 fully saturated rings. The molecule has 0 amide bonds. The van der Waals surface area contributed by atoms with Crippen LogP contribution in [0, 0.1) is 0 Å². The number of aldehydes is 1. The van der Waals surface area contributed by atoms with E-state index in [9.17, 15) is 31.3 Å². The smallest absolute Gasteiger partial charge is 0.400 e. The van der Waals surface area contributed by atoms with Gasteiger partial charge in [-0.3, -0.25) is 9.36 Å². The summed E-state index contributed by atoms with van der Waals surface area (Å²) in [6.07, 6.45) is -5.51. The van der Waals surface area contributed by atoms with Crippen LogP contribution in [0.4, 0.5) is 22.0 Å². The number of fused-ring (bicyclic) bond motifs is 1. The third-order valence-electron chi connectivity index (χ3n) is 3.35. The van der Waals surface area contributed by atoms with E-state index in [1.54, 1.807) is 0 Å². The van der Waals surface area contributed by atoms with Gasteiger partial charge in [0.1, 0.15) is 16.9 Å². The van der Waals surface area contributed by atoms with Crippen molar-refractivity contribution in [2.24, 2.45) is 0 Å². The Bertz CT molecular complexity index is 907. The lowest BCUT2D eigenvalue weighted by atomic mass is 10.1. The van der Waals surface area contributed by atoms with Gasteiger partial charge in [0.15, 0.2) is 0 Å². The van der Waals surface area contributed by atoms with Crippen LogP contribution in [0.15, 0.2) is 16.6 Å². The van der Waals surface area contributed by atoms with Crippen molar-refractivity contribution >= 4 is 51.2 Å². The SMILES string of the molecule is O=Cc1cc(OCCCC(F)(F)F)c2sc(C(F)(F)P(=O)(O)O)c(Br)c2c1. The van der Waals surface area contributed by atoms with Gasteiger partial charge in [-0.1, -0.05) is 0 Å². The van der Waals surface area contributed by atoms with Crippen molar-refractivity contribution in [3.05, 3.63) is 27.0 Å². The third kappa shape index (κ3) is 4.86. The lowest BCUT2D eigenvalue weighted by Gasteiger charge is -2.16. The Morgan fingerprint density at radius 2 is 1.85 bits per heavy atom. The summed E-state index contributed by atoms with van der Waals surface area (Å²) in [4.78, 5) is 27.9. The fourth-order valence-corrected chi connectivity index (χ4v) is 5.09. The highest BCUT2D eigenvalue weighted by Crippen LogP contribution is 2.63. The summed E-state index contributed by atoms with van der Waals surface area (Å²) in [7, 11) is -5.84. The van der Waals surface area contributed by atoms with E-state index in [0.29, 0.717) is 17.6 Å². The Morgan fingerprint density at radius 3 is 2.37 bits per heavy atom. The normalized spacial score (nSPS) is 13.2. The van der Waals surface area contributed by atoms with Gasteiger partial charge in [-0.2, -0.15) is 22.0 Å². The molecule has 0 aliphatic heterocycles. The van der Waals surface area contributed by atoms with E-state index in [1.807, 2.05) is 0 Å². The Morgan fingerprint density at radius 1 is 1.22 bits per heavy atom. The second-order valence-corrected chi connectivity index (χ2v) is 8.87. The number of halogens is 6. The molecule has 0 spiro atoms. The van der Waals surface area contributed by atoms with Gasteiger partial charge < -0.3 is 14.5 Å². The maximum Gasteiger partial charge on any atom is 0.400 e. The maximum atomic E-state index is 14.1. The van der Waals surface area contributed by atoms with E-state index >= 15 is 0 Å². The highest BCUT2D eigenvalue weighted by atomic mass is 79.9. The predicted molar refractivity (Wildman–Crippen MR) is 91.6 cm³/mol. The quantitative estimate of drug-likeness (QED) is 0.231. The summed E-state index contributed by atoms with van der Waals surface area (Å²) >= 11 is 3.17. The lowest BCUT2D eigenvalue weighted by Crippen LogP contribution is -2.12. The highest BCUT2D eigenvalue weighted by Gasteiger charge is 2.53. The van der Waals surface area contributed by atoms with Crippen LogP contribution in [0.5, 0.6) is 5.75 Å². The molecule has 0 unspecified atom stereocenters. The molecule has 1 heterocycles. The van der Waals surface area contributed by atoms with Gasteiger partial charge in [0.05, 0.1) is 11.3 Å². The molecular formula is C14H11BrF5O5PS. The van der Waals surface area contributed by atoms with Gasteiger partial charge in [-0.05, 0) is 34.5 Å². The first-order valence-electron chi connectivity index (χ1n) is 7.12. The molecule has 0 aliphatic carbocycles. The molecule has 1 aromatic heterocycles. The number of benzene rings is 1. The van der Waals surface area contributed by atoms with Crippen LogP contribution in [-0.2, 0) is 10.2 Å². The minimum absolute atomic E-state index is 0.00197. The van der Waals surface area contributed by atoms with Crippen LogP contribution >= 0.6 is 34.9 Å². The molecule has 0 saturated carbocycles. The van der Waals surface area contributed by atoms with Crippen molar-refractivity contribution in [1.82, 2.24) is 0 Å². The minimum atomic E-state index is -5.84. The number of carbonyl (C=O) groups excluding carboxylic acids is 1. The molecule has 27 heavy (non-hydrogen) atoms. The molecule has 13 heteroatoms. The molecule has 1 aromatic carbocycles. The predicted octanol–water partition coefficient (Wildman–Crippen LogP) is 5.42. The molecule has 0 bridgehead atoms. The largest absolute Gasteiger partial charge is 0.492 e. The summed E-state index contributed by atoms with van der Waals surface area (Å²) < 4.78 is 80.8. The van der Waals surface area contributed by atoms with Crippen molar-refractivity contribution in [3.63, 3.8) is 0 Å². The summed E-state index contributed by atoms with van der Waals surface area (Å²) in [5, 5.41) is 0.0264. The second-order valence-electron chi connectivity index (χ2n) is 5.41. The van der Waals surface area contributed by atoms with Crippen molar-refractivity contribution in [2.75, 3.05) is 6.61 Å². The van der Waals surface area contributed by atoms with Crippen molar-refractivity contribution in [3.8, 4) is 5.75 Å². The number of ether oxygens (including phenoxy) is 1. The molecule has 0 atom stereocenters. The molecule has 150 valence electrons. The monoisotopic (exact) mass is 496 g/mol. The van der Waals surface area contributed by atoms with Gasteiger partial charge in [0.2, 0.25) is 0 Å². The van der Waals surface area contributed by atoms with E-state index in [0.717, 1.165) is 6.07 Å². The minimum Gasteiger partial charge on any atom is -0.492 e. The van der Waals surface area contributed by atoms with E-state index < -0.39 is 43.8 Å². The van der Waals surface area contributed by atoms with Crippen LogP contribution < -0.4 is 4.74 Å². The Labute approximate surface area is 161 Å². The molecule has 2 aromatic rings. The molecule has 0 saturated heterocycles. The zero-order chi connectivity index (χ0) is 20.6. The fourth-order valence-electron chi connectivity index (χ4n) is 2.12. The number of hydrogen-bond acceptors (Lipinski definition) is 4. The van der Waals surface area contributed by atoms with Gasteiger partial charge >= 0.3 is 19.4 Å². The highest BCUT2D eigenvalue weighted by molar-refractivity contribution is 9.10. The molecule has 5 nitrogen and oxygen atoms in total. The first-order chi connectivity index (χ1) is 12.3. The average Bonchev–Trinajstić information content (AvgIpc) is 2.87. The van der Waals surface area contributed by atoms with Crippen molar-refractivity contribution in [1.29, 1.82) is 0 Å². The van der Waals surface area contributed by atoms with Gasteiger partial charge in [-0.15, -0.1) is 11.3 Å². The van der Waals surface area contributed by atoms with E-state index in [4.69, 9.17) is 14.5 Å². The van der Waals surface area contributed by atoms with Crippen LogP contribution in [-0.4, -0.2) is 28.9 Å². The van der Waals surface area contributed by atoms with Crippen LogP contribution in [0.25, 0.3) is 10.1 Å². The van der Waals surface area contributed by atoms with Gasteiger partial charge in [0, 0.05) is 21.8 Å². The summed E-state index contributed by atoms with van der Waals surface area (Å²) in [5.74, 6) is -0.129. The standard InChI is InChI=1S/C14H11BrF5O5PS/c15-10-8-4-7(6-21)5-9(25-3-1-2-13(16,17)18)11(8)27-12(10)14(19,20)26(22,23)24/h4-6H,1-3H2,(H2,22,23,24). The topological polar surface area (TPSA) is 83.8 Å². The van der Waals surface area contributed by atoms with Crippen LogP contribution in [0.3, 0.4) is 0 Å². The summed E-state index contributed by atoms with van der Waals surface area (Å²) in [6.45, 7) is -0.392. The molecule has 0 radical (unpaired) electrons. The van der Waals surface area contributed by atoms with Crippen molar-refractivity contribution in [2.45, 2.75) is 24.7 Å². The Kier molecular flexibility index (Phi) is 6.38. The number of hydrogen-bond donors (Lipinski definition) is 2. The van der Waals surface area contributed by atoms with E-state index in [2.05, 4.69) is 15.9 Å². The molecule has 2 rings (SSSR count). The number of carbonyl (C=O) groups is 1. The zero-order valence-electron chi connectivity index (χ0n) is 13.1. The maximum absolute atomic E-state index is 14.1. The second kappa shape index (κ2) is 7.75. The molecule has 0 aliphatic rings. The van der Waals surface area contributed by atoms with Crippen LogP contribution in [0.2, 0.25) is 0 Å². The third-order valence-corrected chi connectivity index (χ3v) is 6.84. The number of alkyl halides is 5. The first-order valence-corrected chi connectivity index (χ1v) is 10.3. The summed E-state index contributed by atoms with van der Waals surface area (Å²) in [5.41, 5.74) is -4.50. The molecular weight excluding hydrogens is 486 g/mol. The Hall–Kier alpha value is -1.07. The number of rotatable bonds is 7.